The molecule has 29 heavy (non-hydrogen) atoms. The Bertz CT molecular complexity index is 972. The van der Waals surface area contributed by atoms with Gasteiger partial charge < -0.3 is 10.2 Å². The molecule has 3 rings (SSSR count). The Kier molecular flexibility index (Phi) is 6.68. The zero-order chi connectivity index (χ0) is 20.6. The van der Waals surface area contributed by atoms with Crippen LogP contribution in [0.4, 0.5) is 5.69 Å². The summed E-state index contributed by atoms with van der Waals surface area (Å²) >= 11 is 0. The molecule has 6 heteroatoms. The third-order valence-electron chi connectivity index (χ3n) is 4.70. The quantitative estimate of drug-likeness (QED) is 0.671. The van der Waals surface area contributed by atoms with Gasteiger partial charge in [-0.25, -0.2) is 0 Å². The Morgan fingerprint density at radius 2 is 1.62 bits per heavy atom. The van der Waals surface area contributed by atoms with Crippen LogP contribution in [0.15, 0.2) is 67.3 Å². The number of anilines is 1. The highest BCUT2D eigenvalue weighted by Crippen LogP contribution is 2.13. The number of nitrogens with one attached hydrogen (secondary N) is 1. The molecule has 0 radical (unpaired) electrons. The third-order valence-corrected chi connectivity index (χ3v) is 4.70. The van der Waals surface area contributed by atoms with E-state index in [0.29, 0.717) is 23.4 Å². The van der Waals surface area contributed by atoms with Crippen molar-refractivity contribution in [2.45, 2.75) is 19.8 Å². The van der Waals surface area contributed by atoms with Crippen LogP contribution in [-0.4, -0.2) is 40.3 Å². The molecule has 0 saturated carbocycles. The first-order chi connectivity index (χ1) is 14.1. The van der Waals surface area contributed by atoms with Crippen LogP contribution < -0.4 is 5.32 Å². The molecule has 0 aliphatic carbocycles. The number of amides is 2. The molecular formula is C23H24N4O2. The maximum atomic E-state index is 12.7. The molecule has 2 amide bonds. The average molecular weight is 388 g/mol. The predicted molar refractivity (Wildman–Crippen MR) is 113 cm³/mol. The molecule has 0 atom stereocenters. The summed E-state index contributed by atoms with van der Waals surface area (Å²) in [5.41, 5.74) is 3.75. The average Bonchev–Trinajstić information content (AvgIpc) is 2.78. The number of aromatic nitrogens is 2. The number of hydrogen-bond acceptors (Lipinski definition) is 4. The van der Waals surface area contributed by atoms with Gasteiger partial charge in [-0.15, -0.1) is 0 Å². The highest BCUT2D eigenvalue weighted by atomic mass is 16.2. The van der Waals surface area contributed by atoms with Crippen LogP contribution in [0, 0.1) is 0 Å². The second-order valence-electron chi connectivity index (χ2n) is 6.80. The summed E-state index contributed by atoms with van der Waals surface area (Å²) in [6, 6.07) is 13.1. The van der Waals surface area contributed by atoms with Crippen molar-refractivity contribution >= 4 is 17.5 Å². The number of rotatable bonds is 7. The lowest BCUT2D eigenvalue weighted by Crippen LogP contribution is -2.29. The minimum absolute atomic E-state index is 0.173. The third kappa shape index (κ3) is 5.48. The number of likely N-dealkylation sites (N-methyl/N-ethyl adjacent to an activating group) is 1. The Morgan fingerprint density at radius 1 is 0.931 bits per heavy atom. The molecule has 0 unspecified atom stereocenters. The van der Waals surface area contributed by atoms with E-state index in [1.54, 1.807) is 30.4 Å². The lowest BCUT2D eigenvalue weighted by atomic mass is 10.1. The van der Waals surface area contributed by atoms with E-state index in [1.807, 2.05) is 36.4 Å². The van der Waals surface area contributed by atoms with Crippen LogP contribution in [0.5, 0.6) is 0 Å². The monoisotopic (exact) mass is 388 g/mol. The molecule has 2 aromatic heterocycles. The largest absolute Gasteiger partial charge is 0.341 e. The van der Waals surface area contributed by atoms with Crippen molar-refractivity contribution in [2.24, 2.45) is 0 Å². The van der Waals surface area contributed by atoms with E-state index in [2.05, 4.69) is 22.2 Å². The Morgan fingerprint density at radius 3 is 2.31 bits per heavy atom. The fourth-order valence-corrected chi connectivity index (χ4v) is 2.88. The second kappa shape index (κ2) is 9.59. The molecule has 0 aliphatic heterocycles. The first kappa shape index (κ1) is 20.2. The molecule has 1 N–H and O–H groups in total. The summed E-state index contributed by atoms with van der Waals surface area (Å²) in [5.74, 6) is -0.468. The van der Waals surface area contributed by atoms with Crippen LogP contribution in [0.3, 0.4) is 0 Å². The molecule has 6 nitrogen and oxygen atoms in total. The van der Waals surface area contributed by atoms with Gasteiger partial charge in [0, 0.05) is 44.1 Å². The highest BCUT2D eigenvalue weighted by molar-refractivity contribution is 6.05. The number of carbonyl (C=O) groups excluding carboxylic acids is 2. The van der Waals surface area contributed by atoms with Crippen LogP contribution in [0.2, 0.25) is 0 Å². The van der Waals surface area contributed by atoms with Gasteiger partial charge in [-0.1, -0.05) is 19.1 Å². The molecule has 0 bridgehead atoms. The van der Waals surface area contributed by atoms with Crippen molar-refractivity contribution in [3.05, 3.63) is 89.5 Å². The van der Waals surface area contributed by atoms with Crippen molar-refractivity contribution in [1.82, 2.24) is 14.9 Å². The molecule has 2 heterocycles. The minimum Gasteiger partial charge on any atom is -0.341 e. The maximum Gasteiger partial charge on any atom is 0.257 e. The van der Waals surface area contributed by atoms with E-state index in [-0.39, 0.29) is 11.8 Å². The van der Waals surface area contributed by atoms with E-state index < -0.39 is 0 Å². The van der Waals surface area contributed by atoms with Gasteiger partial charge in [0.15, 0.2) is 0 Å². The molecule has 0 saturated heterocycles. The maximum absolute atomic E-state index is 12.7. The Labute approximate surface area is 170 Å². The second-order valence-corrected chi connectivity index (χ2v) is 6.80. The van der Waals surface area contributed by atoms with Crippen molar-refractivity contribution in [1.29, 1.82) is 0 Å². The molecule has 148 valence electrons. The number of nitrogens with zero attached hydrogens (tertiary/aromatic N) is 3. The molecule has 0 aliphatic rings. The van der Waals surface area contributed by atoms with E-state index in [9.17, 15) is 9.59 Å². The zero-order valence-corrected chi connectivity index (χ0v) is 16.6. The summed E-state index contributed by atoms with van der Waals surface area (Å²) in [6.07, 6.45) is 8.09. The van der Waals surface area contributed by atoms with Crippen molar-refractivity contribution in [3.63, 3.8) is 0 Å². The minimum atomic E-state index is -0.296. The predicted octanol–water partition coefficient (Wildman–Crippen LogP) is 3.61. The Balaban J connectivity index is 1.64. The molecular weight excluding hydrogens is 364 g/mol. The van der Waals surface area contributed by atoms with E-state index in [1.165, 1.54) is 18.0 Å². The van der Waals surface area contributed by atoms with Gasteiger partial charge >= 0.3 is 0 Å². The normalized spacial score (nSPS) is 10.4. The summed E-state index contributed by atoms with van der Waals surface area (Å²) in [5, 5.41) is 2.84. The van der Waals surface area contributed by atoms with E-state index >= 15 is 0 Å². The number of aryl methyl sites for hydroxylation is 1. The lowest BCUT2D eigenvalue weighted by molar-refractivity contribution is 0.0796. The summed E-state index contributed by atoms with van der Waals surface area (Å²) in [6.45, 7) is 2.64. The van der Waals surface area contributed by atoms with Gasteiger partial charge in [0.2, 0.25) is 0 Å². The van der Waals surface area contributed by atoms with Gasteiger partial charge in [0.25, 0.3) is 11.8 Å². The first-order valence-corrected chi connectivity index (χ1v) is 9.56. The standard InChI is InChI=1S/C23H24N4O2/c1-3-17-4-6-21(7-5-17)26-22(28)19-14-20(16-25-15-19)23(29)27(2)13-10-18-8-11-24-12-9-18/h4-9,11-12,14-16H,3,10,13H2,1-2H3,(H,26,28). The molecule has 1 aromatic carbocycles. The number of carbonyl (C=O) groups is 2. The van der Waals surface area contributed by atoms with Crippen LogP contribution >= 0.6 is 0 Å². The van der Waals surface area contributed by atoms with Crippen molar-refractivity contribution in [3.8, 4) is 0 Å². The highest BCUT2D eigenvalue weighted by Gasteiger charge is 2.15. The Hall–Kier alpha value is -3.54. The van der Waals surface area contributed by atoms with Gasteiger partial charge in [-0.05, 0) is 54.3 Å². The van der Waals surface area contributed by atoms with Gasteiger partial charge in [-0.3, -0.25) is 19.6 Å². The van der Waals surface area contributed by atoms with Crippen molar-refractivity contribution < 1.29 is 9.59 Å². The van der Waals surface area contributed by atoms with Gasteiger partial charge in [0.05, 0.1) is 11.1 Å². The first-order valence-electron chi connectivity index (χ1n) is 9.56. The SMILES string of the molecule is CCc1ccc(NC(=O)c2cncc(C(=O)N(C)CCc3ccncc3)c2)cc1. The zero-order valence-electron chi connectivity index (χ0n) is 16.6. The molecule has 0 spiro atoms. The van der Waals surface area contributed by atoms with Crippen LogP contribution in [-0.2, 0) is 12.8 Å². The lowest BCUT2D eigenvalue weighted by Gasteiger charge is -2.17. The fraction of sp³-hybridized carbons (Fsp3) is 0.217. The van der Waals surface area contributed by atoms with Gasteiger partial charge in [-0.2, -0.15) is 0 Å². The smallest absolute Gasteiger partial charge is 0.257 e. The van der Waals surface area contributed by atoms with Crippen LogP contribution in [0.1, 0.15) is 38.8 Å². The topological polar surface area (TPSA) is 75.2 Å². The summed E-state index contributed by atoms with van der Waals surface area (Å²) in [7, 11) is 1.74. The molecule has 3 aromatic rings. The number of pyridine rings is 2. The fourth-order valence-electron chi connectivity index (χ4n) is 2.88. The summed E-state index contributed by atoms with van der Waals surface area (Å²) in [4.78, 5) is 35.0. The molecule has 0 fully saturated rings. The number of hydrogen-bond donors (Lipinski definition) is 1. The number of benzene rings is 1. The van der Waals surface area contributed by atoms with E-state index in [0.717, 1.165) is 18.4 Å². The van der Waals surface area contributed by atoms with E-state index in [4.69, 9.17) is 0 Å². The van der Waals surface area contributed by atoms with Crippen LogP contribution in [0.25, 0.3) is 0 Å². The van der Waals surface area contributed by atoms with Gasteiger partial charge in [0.1, 0.15) is 0 Å². The summed E-state index contributed by atoms with van der Waals surface area (Å²) < 4.78 is 0. The van der Waals surface area contributed by atoms with Crippen molar-refractivity contribution in [2.75, 3.05) is 18.9 Å².